The van der Waals surface area contributed by atoms with E-state index in [0.717, 1.165) is 5.56 Å². The summed E-state index contributed by atoms with van der Waals surface area (Å²) in [5.41, 5.74) is 0.830. The Morgan fingerprint density at radius 2 is 1.86 bits per heavy atom. The minimum atomic E-state index is 0.347. The predicted molar refractivity (Wildman–Crippen MR) is 56.5 cm³/mol. The fourth-order valence-electron chi connectivity index (χ4n) is 1.19. The molecule has 0 aliphatic carbocycles. The molecule has 0 saturated heterocycles. The lowest BCUT2D eigenvalue weighted by molar-refractivity contribution is 0.921. The molecule has 0 atom stereocenters. The summed E-state index contributed by atoms with van der Waals surface area (Å²) in [7, 11) is 1.79. The predicted octanol–water partition coefficient (Wildman–Crippen LogP) is 2.79. The van der Waals surface area contributed by atoms with E-state index >= 15 is 0 Å². The topological polar surface area (TPSA) is 30.7 Å². The summed E-state index contributed by atoms with van der Waals surface area (Å²) in [5, 5.41) is 8.68. The van der Waals surface area contributed by atoms with Gasteiger partial charge in [-0.1, -0.05) is 23.7 Å². The van der Waals surface area contributed by atoms with Crippen LogP contribution in [0.3, 0.4) is 0 Å². The Kier molecular flexibility index (Phi) is 2.44. The molecule has 2 aromatic rings. The van der Waals surface area contributed by atoms with E-state index in [1.807, 2.05) is 18.2 Å². The van der Waals surface area contributed by atoms with Crippen molar-refractivity contribution < 1.29 is 0 Å². The highest BCUT2D eigenvalue weighted by molar-refractivity contribution is 6.33. The first-order chi connectivity index (χ1) is 6.70. The molecule has 3 nitrogen and oxygen atoms in total. The molecular weight excluding hydrogens is 221 g/mol. The van der Waals surface area contributed by atoms with Gasteiger partial charge in [0, 0.05) is 12.6 Å². The van der Waals surface area contributed by atoms with E-state index in [9.17, 15) is 0 Å². The van der Waals surface area contributed by atoms with Crippen LogP contribution in [0.2, 0.25) is 10.3 Å². The normalized spacial score (nSPS) is 10.5. The van der Waals surface area contributed by atoms with Crippen LogP contribution in [0, 0.1) is 0 Å². The molecular formula is C9H7Cl2N3. The second-order valence-electron chi connectivity index (χ2n) is 2.83. The Bertz CT molecular complexity index is 465. The third-order valence-corrected chi connectivity index (χ3v) is 2.60. The Morgan fingerprint density at radius 1 is 1.14 bits per heavy atom. The van der Waals surface area contributed by atoms with E-state index in [4.69, 9.17) is 23.2 Å². The molecule has 0 amide bonds. The molecule has 0 unspecified atom stereocenters. The number of hydrogen-bond donors (Lipinski definition) is 0. The van der Waals surface area contributed by atoms with Crippen LogP contribution >= 0.6 is 23.2 Å². The van der Waals surface area contributed by atoms with Crippen LogP contribution in [0.1, 0.15) is 0 Å². The second kappa shape index (κ2) is 3.59. The monoisotopic (exact) mass is 227 g/mol. The fraction of sp³-hybridized carbons (Fsp3) is 0.111. The van der Waals surface area contributed by atoms with Crippen LogP contribution in [0.4, 0.5) is 0 Å². The van der Waals surface area contributed by atoms with Gasteiger partial charge in [-0.25, -0.2) is 0 Å². The van der Waals surface area contributed by atoms with Gasteiger partial charge in [0.1, 0.15) is 0 Å². The van der Waals surface area contributed by atoms with Crippen LogP contribution in [0.5, 0.6) is 0 Å². The first-order valence-corrected chi connectivity index (χ1v) is 4.75. The Labute approximate surface area is 91.3 Å². The lowest BCUT2D eigenvalue weighted by Gasteiger charge is -2.02. The first kappa shape index (κ1) is 9.49. The van der Waals surface area contributed by atoms with Crippen molar-refractivity contribution in [3.8, 4) is 11.4 Å². The van der Waals surface area contributed by atoms with Gasteiger partial charge in [-0.05, 0) is 23.7 Å². The van der Waals surface area contributed by atoms with Crippen molar-refractivity contribution in [2.24, 2.45) is 7.05 Å². The first-order valence-electron chi connectivity index (χ1n) is 4.00. The van der Waals surface area contributed by atoms with Crippen molar-refractivity contribution in [3.05, 3.63) is 34.6 Å². The van der Waals surface area contributed by atoms with Gasteiger partial charge in [-0.2, -0.15) is 0 Å². The SMILES string of the molecule is Cn1c(Cl)nnc1-c1ccccc1Cl. The standard InChI is InChI=1S/C9H7Cl2N3/c1-14-8(12-13-9(14)11)6-4-2-3-5-7(6)10/h2-5H,1H3. The molecule has 0 aliphatic rings. The van der Waals surface area contributed by atoms with Crippen molar-refractivity contribution in [2.75, 3.05) is 0 Å². The summed E-state index contributed by atoms with van der Waals surface area (Å²) < 4.78 is 1.68. The molecule has 1 aromatic carbocycles. The molecule has 2 rings (SSSR count). The number of aromatic nitrogens is 3. The number of rotatable bonds is 1. The van der Waals surface area contributed by atoms with E-state index in [1.54, 1.807) is 17.7 Å². The summed E-state index contributed by atoms with van der Waals surface area (Å²) in [6, 6.07) is 7.44. The second-order valence-corrected chi connectivity index (χ2v) is 3.58. The van der Waals surface area contributed by atoms with Crippen LogP contribution in [-0.2, 0) is 7.05 Å². The van der Waals surface area contributed by atoms with Crippen molar-refractivity contribution >= 4 is 23.2 Å². The molecule has 5 heteroatoms. The van der Waals surface area contributed by atoms with Crippen LogP contribution in [0.25, 0.3) is 11.4 Å². The zero-order chi connectivity index (χ0) is 10.1. The van der Waals surface area contributed by atoms with Gasteiger partial charge in [0.25, 0.3) is 0 Å². The van der Waals surface area contributed by atoms with E-state index in [1.165, 1.54) is 0 Å². The average Bonchev–Trinajstić information content (AvgIpc) is 2.49. The Morgan fingerprint density at radius 3 is 2.43 bits per heavy atom. The highest BCUT2D eigenvalue weighted by Gasteiger charge is 2.10. The van der Waals surface area contributed by atoms with Gasteiger partial charge in [0.2, 0.25) is 5.28 Å². The van der Waals surface area contributed by atoms with Crippen LogP contribution in [0.15, 0.2) is 24.3 Å². The molecule has 0 saturated carbocycles. The highest BCUT2D eigenvalue weighted by Crippen LogP contribution is 2.26. The van der Waals surface area contributed by atoms with E-state index in [2.05, 4.69) is 10.2 Å². The molecule has 0 aliphatic heterocycles. The highest BCUT2D eigenvalue weighted by atomic mass is 35.5. The molecule has 0 radical (unpaired) electrons. The molecule has 1 heterocycles. The average molecular weight is 228 g/mol. The van der Waals surface area contributed by atoms with Crippen molar-refractivity contribution in [1.29, 1.82) is 0 Å². The maximum absolute atomic E-state index is 6.02. The largest absolute Gasteiger partial charge is 0.301 e. The summed E-state index contributed by atoms with van der Waals surface area (Å²) in [6.07, 6.45) is 0. The van der Waals surface area contributed by atoms with Crippen molar-refractivity contribution in [1.82, 2.24) is 14.8 Å². The van der Waals surface area contributed by atoms with Crippen LogP contribution in [-0.4, -0.2) is 14.8 Å². The molecule has 0 N–H and O–H groups in total. The minimum absolute atomic E-state index is 0.347. The van der Waals surface area contributed by atoms with E-state index < -0.39 is 0 Å². The maximum Gasteiger partial charge on any atom is 0.225 e. The van der Waals surface area contributed by atoms with Crippen LogP contribution < -0.4 is 0 Å². The lowest BCUT2D eigenvalue weighted by Crippen LogP contribution is -1.92. The molecule has 0 bridgehead atoms. The van der Waals surface area contributed by atoms with Gasteiger partial charge in [-0.3, -0.25) is 0 Å². The summed E-state index contributed by atoms with van der Waals surface area (Å²) in [4.78, 5) is 0. The van der Waals surface area contributed by atoms with Gasteiger partial charge in [0.15, 0.2) is 5.82 Å². The molecule has 14 heavy (non-hydrogen) atoms. The number of hydrogen-bond acceptors (Lipinski definition) is 2. The molecule has 72 valence electrons. The smallest absolute Gasteiger partial charge is 0.225 e. The number of halogens is 2. The third-order valence-electron chi connectivity index (χ3n) is 1.94. The minimum Gasteiger partial charge on any atom is -0.301 e. The summed E-state index contributed by atoms with van der Waals surface area (Å²) in [5.74, 6) is 0.667. The van der Waals surface area contributed by atoms with E-state index in [-0.39, 0.29) is 0 Å². The third kappa shape index (κ3) is 1.49. The van der Waals surface area contributed by atoms with Gasteiger partial charge in [-0.15, -0.1) is 10.2 Å². The van der Waals surface area contributed by atoms with Crippen molar-refractivity contribution in [3.63, 3.8) is 0 Å². The van der Waals surface area contributed by atoms with Gasteiger partial charge < -0.3 is 4.57 Å². The summed E-state index contributed by atoms with van der Waals surface area (Å²) >= 11 is 11.8. The zero-order valence-electron chi connectivity index (χ0n) is 7.41. The molecule has 0 spiro atoms. The van der Waals surface area contributed by atoms with Gasteiger partial charge in [0.05, 0.1) is 5.02 Å². The summed E-state index contributed by atoms with van der Waals surface area (Å²) in [6.45, 7) is 0. The van der Waals surface area contributed by atoms with E-state index in [0.29, 0.717) is 16.1 Å². The van der Waals surface area contributed by atoms with Crippen molar-refractivity contribution in [2.45, 2.75) is 0 Å². The molecule has 0 fully saturated rings. The molecule has 1 aromatic heterocycles. The zero-order valence-corrected chi connectivity index (χ0v) is 8.92. The maximum atomic E-state index is 6.02. The lowest BCUT2D eigenvalue weighted by atomic mass is 10.2. The quantitative estimate of drug-likeness (QED) is 0.751. The number of nitrogens with zero attached hydrogens (tertiary/aromatic N) is 3. The fourth-order valence-corrected chi connectivity index (χ4v) is 1.53. The Balaban J connectivity index is 2.60. The Hall–Kier alpha value is -1.06. The number of benzene rings is 1. The van der Waals surface area contributed by atoms with Gasteiger partial charge >= 0.3 is 0 Å².